The van der Waals surface area contributed by atoms with Crippen LogP contribution in [0.3, 0.4) is 0 Å². The Bertz CT molecular complexity index is 391. The molecule has 1 rings (SSSR count). The van der Waals surface area contributed by atoms with Gasteiger partial charge in [0.05, 0.1) is 6.61 Å². The molecule has 18 heavy (non-hydrogen) atoms. The number of carbonyl (C=O) groups is 1. The summed E-state index contributed by atoms with van der Waals surface area (Å²) in [5.74, 6) is 0.387. The van der Waals surface area contributed by atoms with E-state index in [1.807, 2.05) is 6.92 Å². The number of unbranched alkanes of at least 4 members (excludes halogenated alkanes) is 2. The Balaban J connectivity index is 2.71. The molecule has 0 fully saturated rings. The molecule has 0 bridgehead atoms. The summed E-state index contributed by atoms with van der Waals surface area (Å²) in [7, 11) is 0. The number of carbonyl (C=O) groups excluding carboxylic acids is 1. The zero-order valence-electron chi connectivity index (χ0n) is 11.2. The number of hydrogen-bond donors (Lipinski definition) is 2. The number of nitrogens with two attached hydrogens (primary N) is 1. The van der Waals surface area contributed by atoms with E-state index >= 15 is 0 Å². The Labute approximate surface area is 109 Å². The van der Waals surface area contributed by atoms with Gasteiger partial charge in [-0.05, 0) is 25.5 Å². The molecule has 100 valence electrons. The molecule has 0 unspecified atom stereocenters. The second-order valence-electron chi connectivity index (χ2n) is 4.12. The Morgan fingerprint density at radius 3 is 2.78 bits per heavy atom. The monoisotopic (exact) mass is 250 g/mol. The van der Waals surface area contributed by atoms with Crippen LogP contribution in [-0.2, 0) is 0 Å². The van der Waals surface area contributed by atoms with Gasteiger partial charge in [-0.3, -0.25) is 4.79 Å². The highest BCUT2D eigenvalue weighted by Crippen LogP contribution is 2.24. The molecule has 0 aliphatic carbocycles. The average Bonchev–Trinajstić information content (AvgIpc) is 2.35. The summed E-state index contributed by atoms with van der Waals surface area (Å²) >= 11 is 0. The molecule has 3 N–H and O–H groups in total. The molecule has 0 radical (unpaired) electrons. The molecular weight excluding hydrogens is 228 g/mol. The largest absolute Gasteiger partial charge is 0.493 e. The predicted molar refractivity (Wildman–Crippen MR) is 73.9 cm³/mol. The SMILES string of the molecule is CCCCCNC(=O)c1c(N)cccc1OCC. The van der Waals surface area contributed by atoms with Crippen LogP contribution in [0, 0.1) is 0 Å². The number of rotatable bonds is 7. The van der Waals surface area contributed by atoms with E-state index < -0.39 is 0 Å². The van der Waals surface area contributed by atoms with Gasteiger partial charge in [0.2, 0.25) is 0 Å². The van der Waals surface area contributed by atoms with Crippen molar-refractivity contribution in [3.8, 4) is 5.75 Å². The lowest BCUT2D eigenvalue weighted by molar-refractivity contribution is 0.0950. The molecule has 0 spiro atoms. The highest BCUT2D eigenvalue weighted by Gasteiger charge is 2.15. The molecule has 1 aromatic carbocycles. The van der Waals surface area contributed by atoms with Crippen molar-refractivity contribution in [3.05, 3.63) is 23.8 Å². The number of anilines is 1. The second-order valence-corrected chi connectivity index (χ2v) is 4.12. The van der Waals surface area contributed by atoms with Crippen LogP contribution >= 0.6 is 0 Å². The summed E-state index contributed by atoms with van der Waals surface area (Å²) in [6.07, 6.45) is 3.23. The molecule has 0 aliphatic heterocycles. The quantitative estimate of drug-likeness (QED) is 0.577. The summed E-state index contributed by atoms with van der Waals surface area (Å²) < 4.78 is 5.43. The van der Waals surface area contributed by atoms with E-state index in [-0.39, 0.29) is 5.91 Å². The second kappa shape index (κ2) is 7.58. The molecule has 1 amide bonds. The van der Waals surface area contributed by atoms with Gasteiger partial charge in [0.15, 0.2) is 0 Å². The average molecular weight is 250 g/mol. The van der Waals surface area contributed by atoms with Crippen molar-refractivity contribution >= 4 is 11.6 Å². The first-order valence-electron chi connectivity index (χ1n) is 6.50. The van der Waals surface area contributed by atoms with Crippen molar-refractivity contribution in [2.24, 2.45) is 0 Å². The summed E-state index contributed by atoms with van der Waals surface area (Å²) in [5.41, 5.74) is 6.74. The van der Waals surface area contributed by atoms with Gasteiger partial charge in [-0.25, -0.2) is 0 Å². The van der Waals surface area contributed by atoms with E-state index in [1.165, 1.54) is 0 Å². The standard InChI is InChI=1S/C14H22N2O2/c1-3-5-6-10-16-14(17)13-11(15)8-7-9-12(13)18-4-2/h7-9H,3-6,10,15H2,1-2H3,(H,16,17). The zero-order valence-corrected chi connectivity index (χ0v) is 11.2. The molecule has 4 nitrogen and oxygen atoms in total. The van der Waals surface area contributed by atoms with Gasteiger partial charge in [-0.15, -0.1) is 0 Å². The Kier molecular flexibility index (Phi) is 6.05. The van der Waals surface area contributed by atoms with E-state index in [0.29, 0.717) is 30.2 Å². The fourth-order valence-corrected chi connectivity index (χ4v) is 1.73. The highest BCUT2D eigenvalue weighted by atomic mass is 16.5. The van der Waals surface area contributed by atoms with Gasteiger partial charge in [0, 0.05) is 12.2 Å². The topological polar surface area (TPSA) is 64.4 Å². The Morgan fingerprint density at radius 2 is 2.11 bits per heavy atom. The minimum atomic E-state index is -0.160. The van der Waals surface area contributed by atoms with Gasteiger partial charge >= 0.3 is 0 Å². The maximum atomic E-state index is 12.1. The predicted octanol–water partition coefficient (Wildman–Crippen LogP) is 2.59. The van der Waals surface area contributed by atoms with Crippen molar-refractivity contribution in [1.82, 2.24) is 5.32 Å². The fourth-order valence-electron chi connectivity index (χ4n) is 1.73. The van der Waals surface area contributed by atoms with Gasteiger partial charge in [-0.1, -0.05) is 25.8 Å². The van der Waals surface area contributed by atoms with E-state index in [1.54, 1.807) is 18.2 Å². The van der Waals surface area contributed by atoms with Crippen LogP contribution in [0.25, 0.3) is 0 Å². The third kappa shape index (κ3) is 3.95. The first kappa shape index (κ1) is 14.4. The van der Waals surface area contributed by atoms with Crippen LogP contribution in [0.2, 0.25) is 0 Å². The van der Waals surface area contributed by atoms with Gasteiger partial charge in [-0.2, -0.15) is 0 Å². The molecule has 0 saturated heterocycles. The lowest BCUT2D eigenvalue weighted by atomic mass is 10.1. The minimum Gasteiger partial charge on any atom is -0.493 e. The first-order valence-corrected chi connectivity index (χ1v) is 6.50. The van der Waals surface area contributed by atoms with E-state index in [4.69, 9.17) is 10.5 Å². The molecule has 0 heterocycles. The lowest BCUT2D eigenvalue weighted by Crippen LogP contribution is -2.26. The zero-order chi connectivity index (χ0) is 13.4. The molecule has 0 saturated carbocycles. The minimum absolute atomic E-state index is 0.160. The summed E-state index contributed by atoms with van der Waals surface area (Å²) in [4.78, 5) is 12.1. The van der Waals surface area contributed by atoms with Crippen LogP contribution in [0.15, 0.2) is 18.2 Å². The molecule has 0 atom stereocenters. The van der Waals surface area contributed by atoms with Crippen molar-refractivity contribution < 1.29 is 9.53 Å². The van der Waals surface area contributed by atoms with Crippen LogP contribution in [0.5, 0.6) is 5.75 Å². The maximum absolute atomic E-state index is 12.1. The molecule has 1 aromatic rings. The van der Waals surface area contributed by atoms with Gasteiger partial charge in [0.25, 0.3) is 5.91 Å². The summed E-state index contributed by atoms with van der Waals surface area (Å²) in [6, 6.07) is 5.26. The fraction of sp³-hybridized carbons (Fsp3) is 0.500. The van der Waals surface area contributed by atoms with Crippen LogP contribution in [0.1, 0.15) is 43.5 Å². The number of benzene rings is 1. The van der Waals surface area contributed by atoms with Crippen molar-refractivity contribution in [3.63, 3.8) is 0 Å². The highest BCUT2D eigenvalue weighted by molar-refractivity contribution is 6.01. The molecular formula is C14H22N2O2. The normalized spacial score (nSPS) is 10.1. The molecule has 4 heteroatoms. The number of hydrogen-bond acceptors (Lipinski definition) is 3. The van der Waals surface area contributed by atoms with E-state index in [2.05, 4.69) is 12.2 Å². The summed E-state index contributed by atoms with van der Waals surface area (Å²) in [5, 5.41) is 2.87. The number of ether oxygens (including phenoxy) is 1. The van der Waals surface area contributed by atoms with Crippen LogP contribution in [0.4, 0.5) is 5.69 Å². The van der Waals surface area contributed by atoms with Crippen LogP contribution < -0.4 is 15.8 Å². The van der Waals surface area contributed by atoms with Crippen LogP contribution in [-0.4, -0.2) is 19.1 Å². The Morgan fingerprint density at radius 1 is 1.33 bits per heavy atom. The van der Waals surface area contributed by atoms with Gasteiger partial charge < -0.3 is 15.8 Å². The van der Waals surface area contributed by atoms with Crippen molar-refractivity contribution in [2.45, 2.75) is 33.1 Å². The Hall–Kier alpha value is -1.71. The third-order valence-electron chi connectivity index (χ3n) is 2.65. The molecule has 0 aromatic heterocycles. The van der Waals surface area contributed by atoms with Gasteiger partial charge in [0.1, 0.15) is 11.3 Å². The smallest absolute Gasteiger partial charge is 0.257 e. The van der Waals surface area contributed by atoms with Crippen molar-refractivity contribution in [1.29, 1.82) is 0 Å². The molecule has 0 aliphatic rings. The first-order chi connectivity index (χ1) is 8.70. The lowest BCUT2D eigenvalue weighted by Gasteiger charge is -2.12. The van der Waals surface area contributed by atoms with E-state index in [9.17, 15) is 4.79 Å². The maximum Gasteiger partial charge on any atom is 0.257 e. The number of nitrogens with one attached hydrogen (secondary N) is 1. The number of nitrogen functional groups attached to an aromatic ring is 1. The third-order valence-corrected chi connectivity index (χ3v) is 2.65. The van der Waals surface area contributed by atoms with Crippen molar-refractivity contribution in [2.75, 3.05) is 18.9 Å². The summed E-state index contributed by atoms with van der Waals surface area (Å²) in [6.45, 7) is 5.20. The van der Waals surface area contributed by atoms with E-state index in [0.717, 1.165) is 19.3 Å². The number of amides is 1.